The largest absolute Gasteiger partial charge is 0.392 e. The number of likely N-dealkylation sites (tertiary alicyclic amines) is 2. The van der Waals surface area contributed by atoms with Crippen molar-refractivity contribution in [2.75, 3.05) is 20.1 Å². The Kier molecular flexibility index (Phi) is 3.46. The average molecular weight is 242 g/mol. The molecule has 2 aliphatic heterocycles. The number of likely N-dealkylation sites (N-methyl/N-ethyl adjacent to an activating group) is 1. The Bertz CT molecular complexity index is 323. The molecular formula is C11H18N2O4. The number of rotatable bonds is 2. The summed E-state index contributed by atoms with van der Waals surface area (Å²) < 4.78 is 0. The molecule has 0 radical (unpaired) electrons. The molecule has 0 aliphatic carbocycles. The number of aldehydes is 1. The second-order valence-corrected chi connectivity index (χ2v) is 4.93. The standard InChI is InChI=1S/C11H18N2O4/c1-12-4-9(16)3-10(12)11(17)13-5-8(15)2-7(13)6-14/h6-10,15-16H,2-5H2,1H3/t7?,8-,9-,10?/m1/s1. The number of hydrogen-bond acceptors (Lipinski definition) is 5. The zero-order chi connectivity index (χ0) is 12.6. The van der Waals surface area contributed by atoms with Gasteiger partial charge >= 0.3 is 0 Å². The predicted octanol–water partition coefficient (Wildman–Crippen LogP) is -1.79. The maximum absolute atomic E-state index is 12.2. The Balaban J connectivity index is 2.07. The van der Waals surface area contributed by atoms with Gasteiger partial charge in [-0.2, -0.15) is 0 Å². The quantitative estimate of drug-likeness (QED) is 0.559. The van der Waals surface area contributed by atoms with Crippen LogP contribution in [0.15, 0.2) is 0 Å². The molecule has 2 heterocycles. The number of nitrogens with zero attached hydrogens (tertiary/aromatic N) is 2. The van der Waals surface area contributed by atoms with Gasteiger partial charge in [-0.1, -0.05) is 0 Å². The SMILES string of the molecule is CN1C[C@H](O)CC1C(=O)N1C[C@H](O)CC1C=O. The first-order valence-corrected chi connectivity index (χ1v) is 5.85. The highest BCUT2D eigenvalue weighted by molar-refractivity contribution is 5.85. The first-order chi connectivity index (χ1) is 8.02. The Morgan fingerprint density at radius 2 is 1.88 bits per heavy atom. The van der Waals surface area contributed by atoms with Crippen molar-refractivity contribution in [3.8, 4) is 0 Å². The molecule has 4 atom stereocenters. The van der Waals surface area contributed by atoms with E-state index in [1.807, 2.05) is 0 Å². The van der Waals surface area contributed by atoms with Gasteiger partial charge in [0, 0.05) is 19.5 Å². The summed E-state index contributed by atoms with van der Waals surface area (Å²) in [7, 11) is 1.78. The van der Waals surface area contributed by atoms with Crippen molar-refractivity contribution in [2.45, 2.75) is 37.1 Å². The third kappa shape index (κ3) is 2.34. The first kappa shape index (κ1) is 12.5. The van der Waals surface area contributed by atoms with Gasteiger partial charge in [0.05, 0.1) is 24.3 Å². The Labute approximate surface area is 99.8 Å². The summed E-state index contributed by atoms with van der Waals surface area (Å²) in [6.07, 6.45) is 0.309. The first-order valence-electron chi connectivity index (χ1n) is 5.85. The zero-order valence-corrected chi connectivity index (χ0v) is 9.82. The van der Waals surface area contributed by atoms with Crippen LogP contribution in [0, 0.1) is 0 Å². The number of carbonyl (C=O) groups excluding carboxylic acids is 2. The maximum Gasteiger partial charge on any atom is 0.240 e. The molecule has 2 N–H and O–H groups in total. The van der Waals surface area contributed by atoms with Crippen molar-refractivity contribution >= 4 is 12.2 Å². The summed E-state index contributed by atoms with van der Waals surface area (Å²) in [4.78, 5) is 26.3. The molecule has 2 aliphatic rings. The van der Waals surface area contributed by atoms with Crippen LogP contribution in [0.25, 0.3) is 0 Å². The van der Waals surface area contributed by atoms with Gasteiger partial charge in [-0.3, -0.25) is 9.69 Å². The van der Waals surface area contributed by atoms with E-state index >= 15 is 0 Å². The van der Waals surface area contributed by atoms with Crippen molar-refractivity contribution in [3.63, 3.8) is 0 Å². The van der Waals surface area contributed by atoms with E-state index in [9.17, 15) is 19.8 Å². The van der Waals surface area contributed by atoms with E-state index in [0.29, 0.717) is 25.7 Å². The number of hydrogen-bond donors (Lipinski definition) is 2. The van der Waals surface area contributed by atoms with Gasteiger partial charge in [-0.25, -0.2) is 0 Å². The minimum Gasteiger partial charge on any atom is -0.392 e. The molecule has 0 aromatic carbocycles. The normalized spacial score (nSPS) is 38.6. The molecule has 96 valence electrons. The van der Waals surface area contributed by atoms with E-state index < -0.39 is 18.2 Å². The molecule has 0 spiro atoms. The zero-order valence-electron chi connectivity index (χ0n) is 9.82. The van der Waals surface area contributed by atoms with Crippen LogP contribution >= 0.6 is 0 Å². The van der Waals surface area contributed by atoms with E-state index in [-0.39, 0.29) is 18.5 Å². The molecule has 2 saturated heterocycles. The minimum absolute atomic E-state index is 0.169. The van der Waals surface area contributed by atoms with E-state index in [4.69, 9.17) is 0 Å². The van der Waals surface area contributed by atoms with Crippen LogP contribution in [-0.4, -0.2) is 76.6 Å². The molecule has 0 bridgehead atoms. The molecule has 2 unspecified atom stereocenters. The molecule has 0 aromatic heterocycles. The van der Waals surface area contributed by atoms with Gasteiger partial charge in [0.2, 0.25) is 5.91 Å². The Hall–Kier alpha value is -0.980. The van der Waals surface area contributed by atoms with Crippen LogP contribution in [0.2, 0.25) is 0 Å². The summed E-state index contributed by atoms with van der Waals surface area (Å²) >= 11 is 0. The summed E-state index contributed by atoms with van der Waals surface area (Å²) in [5.41, 5.74) is 0. The third-order valence-corrected chi connectivity index (χ3v) is 3.57. The monoisotopic (exact) mass is 242 g/mol. The third-order valence-electron chi connectivity index (χ3n) is 3.57. The summed E-state index contributed by atoms with van der Waals surface area (Å²) in [5.74, 6) is -0.169. The molecular weight excluding hydrogens is 224 g/mol. The number of amides is 1. The second-order valence-electron chi connectivity index (χ2n) is 4.93. The molecule has 6 heteroatoms. The van der Waals surface area contributed by atoms with Crippen LogP contribution in [0.3, 0.4) is 0 Å². The fourth-order valence-corrected chi connectivity index (χ4v) is 2.68. The van der Waals surface area contributed by atoms with Crippen LogP contribution in [-0.2, 0) is 9.59 Å². The topological polar surface area (TPSA) is 81.1 Å². The van der Waals surface area contributed by atoms with Crippen molar-refractivity contribution in [1.29, 1.82) is 0 Å². The van der Waals surface area contributed by atoms with Crippen LogP contribution in [0.1, 0.15) is 12.8 Å². The van der Waals surface area contributed by atoms with Gasteiger partial charge in [0.15, 0.2) is 0 Å². The van der Waals surface area contributed by atoms with E-state index in [1.54, 1.807) is 11.9 Å². The Morgan fingerprint density at radius 3 is 2.41 bits per heavy atom. The molecule has 0 saturated carbocycles. The van der Waals surface area contributed by atoms with Crippen LogP contribution in [0.5, 0.6) is 0 Å². The summed E-state index contributed by atoms with van der Waals surface area (Å²) in [5, 5.41) is 19.0. The molecule has 0 aromatic rings. The smallest absolute Gasteiger partial charge is 0.240 e. The molecule has 1 amide bonds. The number of carbonyl (C=O) groups is 2. The van der Waals surface area contributed by atoms with Crippen LogP contribution in [0.4, 0.5) is 0 Å². The maximum atomic E-state index is 12.2. The number of aliphatic hydroxyl groups is 2. The lowest BCUT2D eigenvalue weighted by atomic mass is 10.1. The highest BCUT2D eigenvalue weighted by atomic mass is 16.3. The minimum atomic E-state index is -0.620. The van der Waals surface area contributed by atoms with Crippen molar-refractivity contribution in [3.05, 3.63) is 0 Å². The van der Waals surface area contributed by atoms with Gasteiger partial charge in [0.1, 0.15) is 6.29 Å². The molecule has 2 fully saturated rings. The lowest BCUT2D eigenvalue weighted by molar-refractivity contribution is -0.138. The molecule has 17 heavy (non-hydrogen) atoms. The lowest BCUT2D eigenvalue weighted by Crippen LogP contribution is -2.47. The lowest BCUT2D eigenvalue weighted by Gasteiger charge is -2.27. The number of aliphatic hydroxyl groups excluding tert-OH is 2. The van der Waals surface area contributed by atoms with Gasteiger partial charge in [-0.15, -0.1) is 0 Å². The Morgan fingerprint density at radius 1 is 1.24 bits per heavy atom. The number of β-amino-alcohol motifs (C(OH)–C–C–N with tert-alkyl or cyclic N) is 2. The van der Waals surface area contributed by atoms with Crippen molar-refractivity contribution in [1.82, 2.24) is 9.80 Å². The highest BCUT2D eigenvalue weighted by Gasteiger charge is 2.41. The predicted molar refractivity (Wildman–Crippen MR) is 59.2 cm³/mol. The van der Waals surface area contributed by atoms with E-state index in [2.05, 4.69) is 0 Å². The molecule has 2 rings (SSSR count). The van der Waals surface area contributed by atoms with Crippen LogP contribution < -0.4 is 0 Å². The average Bonchev–Trinajstić information content (AvgIpc) is 2.80. The fourth-order valence-electron chi connectivity index (χ4n) is 2.68. The van der Waals surface area contributed by atoms with Gasteiger partial charge in [0.25, 0.3) is 0 Å². The summed E-state index contributed by atoms with van der Waals surface area (Å²) in [6.45, 7) is 0.682. The van der Waals surface area contributed by atoms with E-state index in [0.717, 1.165) is 0 Å². The van der Waals surface area contributed by atoms with E-state index in [1.165, 1.54) is 4.90 Å². The summed E-state index contributed by atoms with van der Waals surface area (Å²) in [6, 6.07) is -0.901. The second kappa shape index (κ2) is 4.72. The van der Waals surface area contributed by atoms with Crippen molar-refractivity contribution < 1.29 is 19.8 Å². The molecule has 6 nitrogen and oxygen atoms in total. The fraction of sp³-hybridized carbons (Fsp3) is 0.818. The van der Waals surface area contributed by atoms with Crippen molar-refractivity contribution in [2.24, 2.45) is 0 Å². The van der Waals surface area contributed by atoms with Gasteiger partial charge < -0.3 is 19.9 Å². The highest BCUT2D eigenvalue weighted by Crippen LogP contribution is 2.23. The van der Waals surface area contributed by atoms with Gasteiger partial charge in [-0.05, 0) is 13.5 Å².